The van der Waals surface area contributed by atoms with Crippen molar-refractivity contribution in [3.63, 3.8) is 0 Å². The molecule has 12 nitrogen and oxygen atoms in total. The van der Waals surface area contributed by atoms with E-state index in [2.05, 4.69) is 25.2 Å². The third-order valence-electron chi connectivity index (χ3n) is 6.42. The van der Waals surface area contributed by atoms with Crippen molar-refractivity contribution in [1.82, 2.24) is 39.7 Å². The van der Waals surface area contributed by atoms with Crippen molar-refractivity contribution in [3.05, 3.63) is 48.7 Å². The van der Waals surface area contributed by atoms with E-state index in [0.717, 1.165) is 41.1 Å². The molecule has 0 aliphatic carbocycles. The predicted octanol–water partition coefficient (Wildman–Crippen LogP) is 0.737. The van der Waals surface area contributed by atoms with Crippen molar-refractivity contribution in [2.45, 2.75) is 0 Å². The summed E-state index contributed by atoms with van der Waals surface area (Å²) in [6.07, 6.45) is 6.97. The number of nitrogens with two attached hydrogens (primary N) is 1. The maximum Gasteiger partial charge on any atom is 0.272 e. The Bertz CT molecular complexity index is 1370. The minimum absolute atomic E-state index is 0.0528. The summed E-state index contributed by atoms with van der Waals surface area (Å²) in [5, 5.41) is 4.11. The fraction of sp³-hybridized carbons (Fsp3) is 0.333. The summed E-state index contributed by atoms with van der Waals surface area (Å²) in [6.45, 7) is 5.61. The lowest BCUT2D eigenvalue weighted by atomic mass is 10.2. The van der Waals surface area contributed by atoms with Gasteiger partial charge in [0.1, 0.15) is 5.69 Å². The molecule has 0 atom stereocenters. The molecule has 4 aromatic rings. The molecule has 4 aromatic heterocycles. The summed E-state index contributed by atoms with van der Waals surface area (Å²) in [6, 6.07) is 5.62. The number of nitrogens with one attached hydrogen (secondary N) is 1. The van der Waals surface area contributed by atoms with Gasteiger partial charge in [0.2, 0.25) is 11.9 Å². The van der Waals surface area contributed by atoms with Crippen molar-refractivity contribution in [2.24, 2.45) is 0 Å². The Morgan fingerprint density at radius 3 is 2.44 bits per heavy atom. The van der Waals surface area contributed by atoms with Crippen molar-refractivity contribution in [3.8, 4) is 16.9 Å². The Morgan fingerprint density at radius 1 is 0.944 bits per heavy atom. The molecule has 2 saturated heterocycles. The van der Waals surface area contributed by atoms with E-state index >= 15 is 0 Å². The number of aromatic nitrogens is 6. The number of morpholine rings is 1. The van der Waals surface area contributed by atoms with Crippen LogP contribution in [0.25, 0.3) is 28.0 Å². The van der Waals surface area contributed by atoms with Crippen LogP contribution in [0.5, 0.6) is 0 Å². The molecule has 0 unspecified atom stereocenters. The Hall–Kier alpha value is -4.16. The number of amides is 1. The van der Waals surface area contributed by atoms with Gasteiger partial charge in [0, 0.05) is 68.8 Å². The van der Waals surface area contributed by atoms with Crippen LogP contribution in [0, 0.1) is 0 Å². The number of ether oxygens (including phenoxy) is 1. The fourth-order valence-electron chi connectivity index (χ4n) is 4.48. The minimum atomic E-state index is -0.0528. The van der Waals surface area contributed by atoms with Crippen LogP contribution in [-0.2, 0) is 4.74 Å². The molecule has 12 heteroatoms. The highest BCUT2D eigenvalue weighted by molar-refractivity contribution is 5.94. The first-order chi connectivity index (χ1) is 17.7. The third kappa shape index (κ3) is 4.20. The Labute approximate surface area is 207 Å². The number of hydrogen-bond donors (Lipinski definition) is 2. The van der Waals surface area contributed by atoms with Gasteiger partial charge in [0.15, 0.2) is 5.65 Å². The molecule has 6 heterocycles. The normalized spacial score (nSPS) is 16.4. The van der Waals surface area contributed by atoms with Crippen LogP contribution in [0.3, 0.4) is 0 Å². The Kier molecular flexibility index (Phi) is 5.87. The van der Waals surface area contributed by atoms with Crippen LogP contribution in [0.15, 0.2) is 43.0 Å². The Balaban J connectivity index is 1.40. The molecule has 184 valence electrons. The van der Waals surface area contributed by atoms with Crippen LogP contribution in [0.4, 0.5) is 11.9 Å². The van der Waals surface area contributed by atoms with Gasteiger partial charge in [-0.05, 0) is 18.2 Å². The zero-order valence-corrected chi connectivity index (χ0v) is 19.7. The lowest BCUT2D eigenvalue weighted by Crippen LogP contribution is -2.46. The average molecular weight is 487 g/mol. The number of hydrogen-bond acceptors (Lipinski definition) is 10. The lowest BCUT2D eigenvalue weighted by molar-refractivity contribution is 0.0730. The summed E-state index contributed by atoms with van der Waals surface area (Å²) in [4.78, 5) is 39.3. The summed E-state index contributed by atoms with van der Waals surface area (Å²) >= 11 is 0. The summed E-state index contributed by atoms with van der Waals surface area (Å²) in [5.74, 6) is 0.760. The SMILES string of the molecule is Nc1ncc(-c2nc(N3CCOCC3)nc3c2ccn3-c2ccc(C(=O)N3CCNCC3)nc2)cn1. The van der Waals surface area contributed by atoms with E-state index in [9.17, 15) is 4.79 Å². The maximum absolute atomic E-state index is 12.8. The van der Waals surface area contributed by atoms with Gasteiger partial charge < -0.3 is 25.6 Å². The van der Waals surface area contributed by atoms with Gasteiger partial charge in [-0.1, -0.05) is 0 Å². The fourth-order valence-corrected chi connectivity index (χ4v) is 4.48. The van der Waals surface area contributed by atoms with E-state index in [1.807, 2.05) is 27.8 Å². The standard InChI is InChI=1S/C24H26N10O2/c25-23-28-13-16(14-29-23)20-18-3-6-34(21(18)31-24(30-20)33-9-11-36-12-10-33)17-1-2-19(27-15-17)22(35)32-7-4-26-5-8-32/h1-3,6,13-15,26H,4-5,7-12H2,(H2,25,28,29). The highest BCUT2D eigenvalue weighted by atomic mass is 16.5. The van der Waals surface area contributed by atoms with Crippen molar-refractivity contribution in [1.29, 1.82) is 0 Å². The molecule has 0 aromatic carbocycles. The van der Waals surface area contributed by atoms with Gasteiger partial charge in [-0.25, -0.2) is 19.9 Å². The van der Waals surface area contributed by atoms with Crippen molar-refractivity contribution in [2.75, 3.05) is 63.1 Å². The first-order valence-corrected chi connectivity index (χ1v) is 11.9. The van der Waals surface area contributed by atoms with E-state index in [4.69, 9.17) is 20.4 Å². The first-order valence-electron chi connectivity index (χ1n) is 11.9. The number of fused-ring (bicyclic) bond motifs is 1. The van der Waals surface area contributed by atoms with Crippen LogP contribution in [-0.4, -0.2) is 92.8 Å². The molecule has 2 fully saturated rings. The van der Waals surface area contributed by atoms with E-state index < -0.39 is 0 Å². The predicted molar refractivity (Wildman–Crippen MR) is 134 cm³/mol. The molecule has 6 rings (SSSR count). The minimum Gasteiger partial charge on any atom is -0.378 e. The number of rotatable bonds is 4. The first kappa shape index (κ1) is 22.3. The number of nitrogens with zero attached hydrogens (tertiary/aromatic N) is 8. The van der Waals surface area contributed by atoms with E-state index in [1.54, 1.807) is 24.7 Å². The summed E-state index contributed by atoms with van der Waals surface area (Å²) in [5.41, 5.74) is 9.13. The topological polar surface area (TPSA) is 140 Å². The van der Waals surface area contributed by atoms with E-state index in [0.29, 0.717) is 51.0 Å². The van der Waals surface area contributed by atoms with Gasteiger partial charge in [0.05, 0.1) is 30.8 Å². The van der Waals surface area contributed by atoms with Crippen LogP contribution < -0.4 is 16.0 Å². The zero-order chi connectivity index (χ0) is 24.5. The molecule has 2 aliphatic rings. The molecule has 36 heavy (non-hydrogen) atoms. The van der Waals surface area contributed by atoms with E-state index in [1.165, 1.54) is 0 Å². The molecule has 0 radical (unpaired) electrons. The van der Waals surface area contributed by atoms with Crippen molar-refractivity contribution < 1.29 is 9.53 Å². The van der Waals surface area contributed by atoms with Crippen LogP contribution in [0.2, 0.25) is 0 Å². The number of piperazine rings is 1. The number of carbonyl (C=O) groups is 1. The number of nitrogen functional groups attached to an aromatic ring is 1. The van der Waals surface area contributed by atoms with E-state index in [-0.39, 0.29) is 11.9 Å². The molecule has 0 bridgehead atoms. The average Bonchev–Trinajstić information content (AvgIpc) is 3.38. The molecular weight excluding hydrogens is 460 g/mol. The monoisotopic (exact) mass is 486 g/mol. The van der Waals surface area contributed by atoms with Gasteiger partial charge in [-0.15, -0.1) is 0 Å². The molecular formula is C24H26N10O2. The largest absolute Gasteiger partial charge is 0.378 e. The Morgan fingerprint density at radius 2 is 1.72 bits per heavy atom. The second-order valence-electron chi connectivity index (χ2n) is 8.67. The molecule has 1 amide bonds. The number of carbonyl (C=O) groups excluding carboxylic acids is 1. The summed E-state index contributed by atoms with van der Waals surface area (Å²) < 4.78 is 7.46. The molecule has 3 N–H and O–H groups in total. The van der Waals surface area contributed by atoms with Crippen LogP contribution in [0.1, 0.15) is 10.5 Å². The quantitative estimate of drug-likeness (QED) is 0.424. The maximum atomic E-state index is 12.8. The summed E-state index contributed by atoms with van der Waals surface area (Å²) in [7, 11) is 0. The second kappa shape index (κ2) is 9.47. The van der Waals surface area contributed by atoms with Gasteiger partial charge in [-0.2, -0.15) is 4.98 Å². The highest BCUT2D eigenvalue weighted by Crippen LogP contribution is 2.30. The third-order valence-corrected chi connectivity index (χ3v) is 6.42. The van der Waals surface area contributed by atoms with Gasteiger partial charge in [0.25, 0.3) is 5.91 Å². The lowest BCUT2D eigenvalue weighted by Gasteiger charge is -2.27. The zero-order valence-electron chi connectivity index (χ0n) is 19.7. The smallest absolute Gasteiger partial charge is 0.272 e. The van der Waals surface area contributed by atoms with Crippen LogP contribution >= 0.6 is 0 Å². The highest BCUT2D eigenvalue weighted by Gasteiger charge is 2.21. The van der Waals surface area contributed by atoms with Gasteiger partial charge in [-0.3, -0.25) is 9.36 Å². The second-order valence-corrected chi connectivity index (χ2v) is 8.67. The number of anilines is 2. The molecule has 2 aliphatic heterocycles. The molecule has 0 spiro atoms. The van der Waals surface area contributed by atoms with Gasteiger partial charge >= 0.3 is 0 Å². The van der Waals surface area contributed by atoms with Crippen molar-refractivity contribution >= 4 is 28.8 Å². The number of pyridine rings is 1. The molecule has 0 saturated carbocycles.